The summed E-state index contributed by atoms with van der Waals surface area (Å²) in [5.74, 6) is 0.638. The predicted molar refractivity (Wildman–Crippen MR) is 242 cm³/mol. The van der Waals surface area contributed by atoms with Gasteiger partial charge >= 0.3 is 0 Å². The lowest BCUT2D eigenvalue weighted by Crippen LogP contribution is -2.04. The van der Waals surface area contributed by atoms with Crippen molar-refractivity contribution in [2.45, 2.75) is 0 Å². The zero-order valence-electron chi connectivity index (χ0n) is 31.4. The molecule has 12 aromatic rings. The van der Waals surface area contributed by atoms with Crippen LogP contribution in [0.4, 0.5) is 0 Å². The molecule has 0 saturated heterocycles. The van der Waals surface area contributed by atoms with Crippen LogP contribution in [0, 0.1) is 0 Å². The van der Waals surface area contributed by atoms with Gasteiger partial charge in [0.1, 0.15) is 0 Å². The van der Waals surface area contributed by atoms with E-state index in [1.165, 1.54) is 37.8 Å². The molecular formula is C54H34N4. The first-order valence-corrected chi connectivity index (χ1v) is 19.7. The summed E-state index contributed by atoms with van der Waals surface area (Å²) < 4.78 is 4.63. The van der Waals surface area contributed by atoms with Crippen molar-refractivity contribution in [2.24, 2.45) is 0 Å². The SMILES string of the molecule is c1ccc(-c2cc3nc(-n4c5ccccc5c5cc6ccccc6cc54)nc(-c4ccc5c6ccccc6n(-c6ccccc6)c5c4)c3cc2-c2ccccc2)cc1. The Bertz CT molecular complexity index is 3550. The molecule has 3 heterocycles. The fourth-order valence-corrected chi connectivity index (χ4v) is 9.04. The van der Waals surface area contributed by atoms with E-state index in [2.05, 4.69) is 215 Å². The highest BCUT2D eigenvalue weighted by Gasteiger charge is 2.21. The van der Waals surface area contributed by atoms with Crippen LogP contribution in [0.1, 0.15) is 0 Å². The second-order valence-electron chi connectivity index (χ2n) is 15.0. The lowest BCUT2D eigenvalue weighted by atomic mass is 9.91. The predicted octanol–water partition coefficient (Wildman–Crippen LogP) is 14.0. The van der Waals surface area contributed by atoms with Gasteiger partial charge in [0.15, 0.2) is 0 Å². The molecular weight excluding hydrogens is 705 g/mol. The molecule has 0 aliphatic rings. The van der Waals surface area contributed by atoms with Crippen LogP contribution in [-0.4, -0.2) is 19.1 Å². The van der Waals surface area contributed by atoms with Gasteiger partial charge in [0.05, 0.1) is 33.3 Å². The van der Waals surface area contributed by atoms with Crippen LogP contribution in [0.25, 0.3) is 110 Å². The molecule has 0 bridgehead atoms. The van der Waals surface area contributed by atoms with Crippen molar-refractivity contribution in [3.05, 3.63) is 206 Å². The molecule has 4 heteroatoms. The number of aromatic nitrogens is 4. The van der Waals surface area contributed by atoms with Crippen LogP contribution in [0.15, 0.2) is 206 Å². The molecule has 0 atom stereocenters. The maximum atomic E-state index is 5.64. The van der Waals surface area contributed by atoms with Gasteiger partial charge in [0.2, 0.25) is 5.95 Å². The largest absolute Gasteiger partial charge is 0.309 e. The van der Waals surface area contributed by atoms with Crippen molar-refractivity contribution in [1.82, 2.24) is 19.1 Å². The van der Waals surface area contributed by atoms with Gasteiger partial charge in [-0.1, -0.05) is 152 Å². The molecule has 0 amide bonds. The van der Waals surface area contributed by atoms with Crippen molar-refractivity contribution in [3.63, 3.8) is 0 Å². The number of fused-ring (bicyclic) bond motifs is 8. The Morgan fingerprint density at radius 1 is 0.310 bits per heavy atom. The first kappa shape index (κ1) is 32.4. The van der Waals surface area contributed by atoms with E-state index >= 15 is 0 Å². The number of benzene rings is 9. The summed E-state index contributed by atoms with van der Waals surface area (Å²) in [7, 11) is 0. The molecule has 0 unspecified atom stereocenters. The monoisotopic (exact) mass is 738 g/mol. The molecule has 0 aliphatic carbocycles. The van der Waals surface area contributed by atoms with Gasteiger partial charge in [-0.25, -0.2) is 9.97 Å². The third kappa shape index (κ3) is 5.02. The topological polar surface area (TPSA) is 35.6 Å². The minimum absolute atomic E-state index is 0.638. The third-order valence-electron chi connectivity index (χ3n) is 11.7. The van der Waals surface area contributed by atoms with Crippen molar-refractivity contribution >= 4 is 65.3 Å². The van der Waals surface area contributed by atoms with Gasteiger partial charge in [0, 0.05) is 38.2 Å². The van der Waals surface area contributed by atoms with Crippen molar-refractivity contribution in [1.29, 1.82) is 0 Å². The minimum atomic E-state index is 0.638. The van der Waals surface area contributed by atoms with Crippen LogP contribution < -0.4 is 0 Å². The maximum absolute atomic E-state index is 5.64. The highest BCUT2D eigenvalue weighted by molar-refractivity contribution is 6.14. The second kappa shape index (κ2) is 12.9. The Morgan fingerprint density at radius 2 is 0.845 bits per heavy atom. The zero-order chi connectivity index (χ0) is 38.2. The lowest BCUT2D eigenvalue weighted by Gasteiger charge is -2.17. The molecule has 0 saturated carbocycles. The van der Waals surface area contributed by atoms with E-state index in [4.69, 9.17) is 9.97 Å². The Kier molecular flexibility index (Phi) is 7.20. The van der Waals surface area contributed by atoms with Crippen LogP contribution >= 0.6 is 0 Å². The molecule has 9 aromatic carbocycles. The minimum Gasteiger partial charge on any atom is -0.309 e. The number of nitrogens with zero attached hydrogens (tertiary/aromatic N) is 4. The highest BCUT2D eigenvalue weighted by Crippen LogP contribution is 2.42. The van der Waals surface area contributed by atoms with Crippen molar-refractivity contribution in [2.75, 3.05) is 0 Å². The summed E-state index contributed by atoms with van der Waals surface area (Å²) in [5.41, 5.74) is 12.9. The van der Waals surface area contributed by atoms with Gasteiger partial charge in [0.25, 0.3) is 0 Å². The van der Waals surface area contributed by atoms with Gasteiger partial charge in [-0.15, -0.1) is 0 Å². The standard InChI is InChI=1S/C54H34N4/c1-4-16-35(17-5-1)44-33-47-48(34-45(44)36-18-6-2-7-19-36)55-54(58-50-27-15-13-25-42(50)46-30-37-20-10-11-21-38(37)31-52(46)58)56-53(47)39-28-29-43-41-24-12-14-26-49(41)57(51(43)32-39)40-22-8-3-9-23-40/h1-34H. The quantitative estimate of drug-likeness (QED) is 0.176. The van der Waals surface area contributed by atoms with E-state index in [0.717, 1.165) is 66.7 Å². The molecule has 0 N–H and O–H groups in total. The number of para-hydroxylation sites is 3. The molecule has 270 valence electrons. The first-order chi connectivity index (χ1) is 28.8. The second-order valence-corrected chi connectivity index (χ2v) is 15.0. The maximum Gasteiger partial charge on any atom is 0.235 e. The van der Waals surface area contributed by atoms with E-state index in [9.17, 15) is 0 Å². The number of rotatable bonds is 5. The molecule has 12 rings (SSSR count). The van der Waals surface area contributed by atoms with Gasteiger partial charge in [-0.2, -0.15) is 0 Å². The lowest BCUT2D eigenvalue weighted by molar-refractivity contribution is 1.01. The Morgan fingerprint density at radius 3 is 1.55 bits per heavy atom. The Hall–Kier alpha value is -7.82. The van der Waals surface area contributed by atoms with Crippen molar-refractivity contribution < 1.29 is 0 Å². The molecule has 0 spiro atoms. The Labute approximate surface area is 334 Å². The fraction of sp³-hybridized carbons (Fsp3) is 0. The van der Waals surface area contributed by atoms with E-state index in [1.54, 1.807) is 0 Å². The summed E-state index contributed by atoms with van der Waals surface area (Å²) in [4.78, 5) is 11.2. The summed E-state index contributed by atoms with van der Waals surface area (Å²) in [6, 6.07) is 73.8. The van der Waals surface area contributed by atoms with Gasteiger partial charge in [-0.3, -0.25) is 4.57 Å². The molecule has 0 radical (unpaired) electrons. The molecule has 0 fully saturated rings. The van der Waals surface area contributed by atoms with Crippen LogP contribution in [0.5, 0.6) is 0 Å². The smallest absolute Gasteiger partial charge is 0.235 e. The molecule has 4 nitrogen and oxygen atoms in total. The Balaban J connectivity index is 1.21. The average molecular weight is 739 g/mol. The van der Waals surface area contributed by atoms with Crippen LogP contribution in [0.3, 0.4) is 0 Å². The summed E-state index contributed by atoms with van der Waals surface area (Å²) in [5, 5.41) is 8.16. The highest BCUT2D eigenvalue weighted by atomic mass is 15.2. The fourth-order valence-electron chi connectivity index (χ4n) is 9.04. The van der Waals surface area contributed by atoms with Gasteiger partial charge < -0.3 is 4.57 Å². The normalized spacial score (nSPS) is 11.8. The molecule has 58 heavy (non-hydrogen) atoms. The van der Waals surface area contributed by atoms with E-state index in [1.807, 2.05) is 0 Å². The summed E-state index contributed by atoms with van der Waals surface area (Å²) in [6.07, 6.45) is 0. The van der Waals surface area contributed by atoms with Crippen molar-refractivity contribution in [3.8, 4) is 45.1 Å². The summed E-state index contributed by atoms with van der Waals surface area (Å²) in [6.45, 7) is 0. The third-order valence-corrected chi connectivity index (χ3v) is 11.7. The van der Waals surface area contributed by atoms with E-state index < -0.39 is 0 Å². The van der Waals surface area contributed by atoms with Crippen LogP contribution in [0.2, 0.25) is 0 Å². The zero-order valence-corrected chi connectivity index (χ0v) is 31.4. The number of hydrogen-bond donors (Lipinski definition) is 0. The number of hydrogen-bond acceptors (Lipinski definition) is 2. The average Bonchev–Trinajstić information content (AvgIpc) is 3.80. The van der Waals surface area contributed by atoms with E-state index in [0.29, 0.717) is 5.95 Å². The van der Waals surface area contributed by atoms with E-state index in [-0.39, 0.29) is 0 Å². The first-order valence-electron chi connectivity index (χ1n) is 19.7. The van der Waals surface area contributed by atoms with Crippen LogP contribution in [-0.2, 0) is 0 Å². The van der Waals surface area contributed by atoms with Gasteiger partial charge in [-0.05, 0) is 87.6 Å². The molecule has 3 aromatic heterocycles. The molecule has 0 aliphatic heterocycles. The summed E-state index contributed by atoms with van der Waals surface area (Å²) >= 11 is 0.